The van der Waals surface area contributed by atoms with E-state index in [-0.39, 0.29) is 6.03 Å². The Labute approximate surface area is 164 Å². The van der Waals surface area contributed by atoms with Gasteiger partial charge in [-0.3, -0.25) is 10.2 Å². The van der Waals surface area contributed by atoms with E-state index in [1.807, 2.05) is 35.7 Å². The highest BCUT2D eigenvalue weighted by Crippen LogP contribution is 2.24. The number of anilines is 1. The first-order valence-corrected chi connectivity index (χ1v) is 10.4. The molecule has 2 heterocycles. The van der Waals surface area contributed by atoms with Gasteiger partial charge in [0.1, 0.15) is 0 Å². The van der Waals surface area contributed by atoms with Crippen molar-refractivity contribution in [3.63, 3.8) is 0 Å². The van der Waals surface area contributed by atoms with Gasteiger partial charge in [-0.2, -0.15) is 0 Å². The Morgan fingerprint density at radius 2 is 2.00 bits per heavy atom. The summed E-state index contributed by atoms with van der Waals surface area (Å²) in [6.07, 6.45) is 1.05. The van der Waals surface area contributed by atoms with Crippen molar-refractivity contribution in [3.05, 3.63) is 35.7 Å². The Balaban J connectivity index is 1.52. The van der Waals surface area contributed by atoms with Crippen molar-refractivity contribution in [2.75, 3.05) is 38.2 Å². The van der Waals surface area contributed by atoms with Gasteiger partial charge < -0.3 is 10.1 Å². The van der Waals surface area contributed by atoms with E-state index in [0.29, 0.717) is 23.6 Å². The van der Waals surface area contributed by atoms with Gasteiger partial charge >= 0.3 is 6.03 Å². The summed E-state index contributed by atoms with van der Waals surface area (Å²) in [6.45, 7) is 8.44. The van der Waals surface area contributed by atoms with Gasteiger partial charge in [-0.25, -0.2) is 9.78 Å². The summed E-state index contributed by atoms with van der Waals surface area (Å²) >= 11 is 1.44. The van der Waals surface area contributed by atoms with E-state index in [2.05, 4.69) is 34.4 Å². The number of aromatic nitrogens is 1. The van der Waals surface area contributed by atoms with Crippen molar-refractivity contribution in [1.29, 1.82) is 0 Å². The molecule has 1 aliphatic rings. The molecule has 1 aliphatic heterocycles. The minimum Gasteiger partial charge on any atom is -0.379 e. The minimum atomic E-state index is -0.203. The van der Waals surface area contributed by atoms with Crippen LogP contribution in [-0.2, 0) is 4.74 Å². The number of amides is 2. The number of morpholine rings is 1. The van der Waals surface area contributed by atoms with Crippen LogP contribution in [0.2, 0.25) is 0 Å². The second kappa shape index (κ2) is 9.82. The number of hydrogen-bond donors (Lipinski definition) is 2. The van der Waals surface area contributed by atoms with E-state index in [1.165, 1.54) is 11.3 Å². The lowest BCUT2D eigenvalue weighted by molar-refractivity contribution is 0.0130. The quantitative estimate of drug-likeness (QED) is 0.759. The maximum absolute atomic E-state index is 12.3. The second-order valence-electron chi connectivity index (χ2n) is 7.17. The summed E-state index contributed by atoms with van der Waals surface area (Å²) < 4.78 is 5.45. The van der Waals surface area contributed by atoms with Crippen LogP contribution in [0.1, 0.15) is 20.3 Å². The molecule has 6 nitrogen and oxygen atoms in total. The third kappa shape index (κ3) is 6.02. The molecule has 27 heavy (non-hydrogen) atoms. The molecule has 2 aromatic rings. The number of carbonyl (C=O) groups excluding carboxylic acids is 1. The molecule has 2 amide bonds. The van der Waals surface area contributed by atoms with Gasteiger partial charge in [0.15, 0.2) is 5.13 Å². The third-order valence-electron chi connectivity index (χ3n) is 4.60. The fraction of sp³-hybridized carbons (Fsp3) is 0.500. The summed E-state index contributed by atoms with van der Waals surface area (Å²) in [7, 11) is 0. The maximum Gasteiger partial charge on any atom is 0.321 e. The average Bonchev–Trinajstić information content (AvgIpc) is 3.14. The first-order valence-electron chi connectivity index (χ1n) is 9.49. The van der Waals surface area contributed by atoms with Crippen LogP contribution < -0.4 is 10.6 Å². The molecule has 0 aliphatic carbocycles. The molecule has 0 bridgehead atoms. The molecule has 1 fully saturated rings. The highest BCUT2D eigenvalue weighted by Gasteiger charge is 2.22. The highest BCUT2D eigenvalue weighted by atomic mass is 32.1. The topological polar surface area (TPSA) is 66.5 Å². The van der Waals surface area contributed by atoms with Crippen LogP contribution in [0.15, 0.2) is 35.7 Å². The van der Waals surface area contributed by atoms with Gasteiger partial charge in [-0.05, 0) is 12.3 Å². The van der Waals surface area contributed by atoms with Gasteiger partial charge in [0.05, 0.1) is 18.9 Å². The smallest absolute Gasteiger partial charge is 0.321 e. The van der Waals surface area contributed by atoms with Crippen molar-refractivity contribution in [3.8, 4) is 11.3 Å². The fourth-order valence-electron chi connectivity index (χ4n) is 3.27. The predicted molar refractivity (Wildman–Crippen MR) is 110 cm³/mol. The molecule has 1 saturated heterocycles. The summed E-state index contributed by atoms with van der Waals surface area (Å²) in [4.78, 5) is 19.3. The minimum absolute atomic E-state index is 0.203. The lowest BCUT2D eigenvalue weighted by atomic mass is 10.0. The summed E-state index contributed by atoms with van der Waals surface area (Å²) in [5, 5.41) is 8.44. The van der Waals surface area contributed by atoms with Gasteiger partial charge in [0.2, 0.25) is 0 Å². The van der Waals surface area contributed by atoms with Gasteiger partial charge in [0, 0.05) is 36.6 Å². The van der Waals surface area contributed by atoms with Crippen LogP contribution in [-0.4, -0.2) is 54.8 Å². The lowest BCUT2D eigenvalue weighted by Gasteiger charge is -2.35. The standard InChI is InChI=1S/C20H28N4O2S/c1-15(2)12-17(24-8-10-26-11-9-24)13-21-19(25)23-20-22-18(14-27-20)16-6-4-3-5-7-16/h3-7,14-15,17H,8-13H2,1-2H3,(H2,21,22,23,25). The zero-order valence-electron chi connectivity index (χ0n) is 16.0. The molecule has 7 heteroatoms. The number of benzene rings is 1. The molecule has 146 valence electrons. The SMILES string of the molecule is CC(C)CC(CNC(=O)Nc1nc(-c2ccccc2)cs1)N1CCOCC1. The molecule has 3 rings (SSSR count). The van der Waals surface area contributed by atoms with E-state index in [9.17, 15) is 4.79 Å². The van der Waals surface area contributed by atoms with Crippen LogP contribution in [0.25, 0.3) is 11.3 Å². The zero-order valence-corrected chi connectivity index (χ0v) is 16.8. The molecular formula is C20H28N4O2S. The van der Waals surface area contributed by atoms with E-state index in [1.54, 1.807) is 0 Å². The van der Waals surface area contributed by atoms with Crippen LogP contribution in [0.5, 0.6) is 0 Å². The number of urea groups is 1. The molecule has 0 radical (unpaired) electrons. The van der Waals surface area contributed by atoms with Gasteiger partial charge in [0.25, 0.3) is 0 Å². The van der Waals surface area contributed by atoms with Crippen LogP contribution in [0, 0.1) is 5.92 Å². The molecule has 1 aromatic heterocycles. The Morgan fingerprint density at radius 1 is 1.26 bits per heavy atom. The Kier molecular flexibility index (Phi) is 7.20. The number of hydrogen-bond acceptors (Lipinski definition) is 5. The van der Waals surface area contributed by atoms with E-state index < -0.39 is 0 Å². The third-order valence-corrected chi connectivity index (χ3v) is 5.36. The number of carbonyl (C=O) groups is 1. The monoisotopic (exact) mass is 388 g/mol. The number of thiazole rings is 1. The summed E-state index contributed by atoms with van der Waals surface area (Å²) in [5.41, 5.74) is 1.92. The molecule has 0 spiro atoms. The van der Waals surface area contributed by atoms with Crippen molar-refractivity contribution < 1.29 is 9.53 Å². The predicted octanol–water partition coefficient (Wildman–Crippen LogP) is 3.68. The first kappa shape index (κ1) is 19.8. The second-order valence-corrected chi connectivity index (χ2v) is 8.03. The number of ether oxygens (including phenoxy) is 1. The molecule has 2 N–H and O–H groups in total. The fourth-order valence-corrected chi connectivity index (χ4v) is 3.99. The summed E-state index contributed by atoms with van der Waals surface area (Å²) in [5.74, 6) is 0.579. The van der Waals surface area contributed by atoms with Gasteiger partial charge in [-0.15, -0.1) is 11.3 Å². The Hall–Kier alpha value is -1.96. The normalized spacial score (nSPS) is 16.3. The van der Waals surface area contributed by atoms with Crippen LogP contribution in [0.4, 0.5) is 9.93 Å². The molecular weight excluding hydrogens is 360 g/mol. The van der Waals surface area contributed by atoms with Crippen LogP contribution >= 0.6 is 11.3 Å². The Morgan fingerprint density at radius 3 is 2.70 bits per heavy atom. The highest BCUT2D eigenvalue weighted by molar-refractivity contribution is 7.14. The van der Waals surface area contributed by atoms with E-state index >= 15 is 0 Å². The number of nitrogens with zero attached hydrogens (tertiary/aromatic N) is 2. The first-order chi connectivity index (χ1) is 13.1. The van der Waals surface area contributed by atoms with Crippen LogP contribution in [0.3, 0.4) is 0 Å². The average molecular weight is 389 g/mol. The van der Waals surface area contributed by atoms with Crippen molar-refractivity contribution in [1.82, 2.24) is 15.2 Å². The Bertz CT molecular complexity index is 714. The van der Waals surface area contributed by atoms with Crippen molar-refractivity contribution in [2.24, 2.45) is 5.92 Å². The van der Waals surface area contributed by atoms with E-state index in [4.69, 9.17) is 4.74 Å². The van der Waals surface area contributed by atoms with Crippen molar-refractivity contribution >= 4 is 22.5 Å². The molecule has 1 atom stereocenters. The van der Waals surface area contributed by atoms with Gasteiger partial charge in [-0.1, -0.05) is 44.2 Å². The summed E-state index contributed by atoms with van der Waals surface area (Å²) in [6, 6.07) is 10.1. The molecule has 0 saturated carbocycles. The lowest BCUT2D eigenvalue weighted by Crippen LogP contribution is -2.49. The number of nitrogens with one attached hydrogen (secondary N) is 2. The number of rotatable bonds is 7. The largest absolute Gasteiger partial charge is 0.379 e. The maximum atomic E-state index is 12.3. The zero-order chi connectivity index (χ0) is 19.1. The molecule has 1 aromatic carbocycles. The molecule has 1 unspecified atom stereocenters. The van der Waals surface area contributed by atoms with Crippen molar-refractivity contribution in [2.45, 2.75) is 26.3 Å². The van der Waals surface area contributed by atoms with E-state index in [0.717, 1.165) is 44.0 Å².